The van der Waals surface area contributed by atoms with Gasteiger partial charge in [0.15, 0.2) is 0 Å². The van der Waals surface area contributed by atoms with Gasteiger partial charge < -0.3 is 9.64 Å². The van der Waals surface area contributed by atoms with Crippen LogP contribution >= 0.6 is 0 Å². The number of carbonyl (C=O) groups excluding carboxylic acids is 1. The molecule has 0 unspecified atom stereocenters. The van der Waals surface area contributed by atoms with Crippen LogP contribution in [0.4, 0.5) is 13.2 Å². The smallest absolute Gasteiger partial charge is 0.406 e. The van der Waals surface area contributed by atoms with E-state index in [1.54, 1.807) is 0 Å². The molecule has 1 amide bonds. The van der Waals surface area contributed by atoms with Gasteiger partial charge in [0.05, 0.1) is 4.90 Å². The molecule has 6 nitrogen and oxygen atoms in total. The highest BCUT2D eigenvalue weighted by Gasteiger charge is 2.33. The van der Waals surface area contributed by atoms with Crippen molar-refractivity contribution in [2.24, 2.45) is 11.8 Å². The average molecular weight is 434 g/mol. The molecule has 2 atom stereocenters. The molecule has 10 heteroatoms. The summed E-state index contributed by atoms with van der Waals surface area (Å²) in [7, 11) is -3.92. The van der Waals surface area contributed by atoms with Gasteiger partial charge in [0.25, 0.3) is 0 Å². The van der Waals surface area contributed by atoms with Crippen LogP contribution < -0.4 is 9.46 Å². The molecular weight excluding hydrogens is 409 g/mol. The van der Waals surface area contributed by atoms with E-state index in [-0.39, 0.29) is 23.8 Å². The summed E-state index contributed by atoms with van der Waals surface area (Å²) in [4.78, 5) is 14.1. The molecule has 1 aliphatic heterocycles. The zero-order valence-electron chi connectivity index (χ0n) is 16.0. The van der Waals surface area contributed by atoms with Crippen LogP contribution in [-0.4, -0.2) is 45.2 Å². The van der Waals surface area contributed by atoms with Crippen molar-refractivity contribution in [1.29, 1.82) is 0 Å². The van der Waals surface area contributed by atoms with Gasteiger partial charge in [-0.2, -0.15) is 0 Å². The lowest BCUT2D eigenvalue weighted by atomic mass is 9.75. The van der Waals surface area contributed by atoms with Crippen molar-refractivity contribution in [3.8, 4) is 5.75 Å². The van der Waals surface area contributed by atoms with Crippen molar-refractivity contribution in [3.05, 3.63) is 24.3 Å². The van der Waals surface area contributed by atoms with Crippen molar-refractivity contribution >= 4 is 15.9 Å². The van der Waals surface area contributed by atoms with Gasteiger partial charge in [0.1, 0.15) is 5.75 Å². The maximum absolute atomic E-state index is 12.4. The van der Waals surface area contributed by atoms with Crippen molar-refractivity contribution in [2.75, 3.05) is 19.6 Å². The number of carbonyl (C=O) groups is 1. The Kier molecular flexibility index (Phi) is 6.72. The van der Waals surface area contributed by atoms with Crippen LogP contribution in [0.5, 0.6) is 5.75 Å². The van der Waals surface area contributed by atoms with Crippen LogP contribution in [0.2, 0.25) is 0 Å². The van der Waals surface area contributed by atoms with Crippen LogP contribution in [0, 0.1) is 11.8 Å². The first-order valence-electron chi connectivity index (χ1n) is 9.77. The Labute approximate surface area is 168 Å². The monoisotopic (exact) mass is 434 g/mol. The summed E-state index contributed by atoms with van der Waals surface area (Å²) in [6.45, 7) is 1.40. The normalized spacial score (nSPS) is 22.8. The fourth-order valence-corrected chi connectivity index (χ4v) is 5.21. The second-order valence-corrected chi connectivity index (χ2v) is 9.37. The topological polar surface area (TPSA) is 75.7 Å². The Balaban J connectivity index is 1.48. The van der Waals surface area contributed by atoms with E-state index >= 15 is 0 Å². The van der Waals surface area contributed by atoms with Crippen LogP contribution in [-0.2, 0) is 14.8 Å². The fraction of sp³-hybridized carbons (Fsp3) is 0.632. The minimum atomic E-state index is -4.84. The summed E-state index contributed by atoms with van der Waals surface area (Å²) in [5.41, 5.74) is 0. The molecule has 0 spiro atoms. The number of hydrogen-bond donors (Lipinski definition) is 1. The highest BCUT2D eigenvalue weighted by Crippen LogP contribution is 2.36. The van der Waals surface area contributed by atoms with Gasteiger partial charge in [-0.05, 0) is 48.9 Å². The second kappa shape index (κ2) is 8.91. The first-order valence-corrected chi connectivity index (χ1v) is 11.3. The number of alkyl halides is 3. The van der Waals surface area contributed by atoms with E-state index < -0.39 is 22.1 Å². The van der Waals surface area contributed by atoms with Crippen LogP contribution in [0.3, 0.4) is 0 Å². The van der Waals surface area contributed by atoms with Gasteiger partial charge in [-0.25, -0.2) is 13.1 Å². The van der Waals surface area contributed by atoms with Crippen molar-refractivity contribution < 1.29 is 31.1 Å². The first-order chi connectivity index (χ1) is 13.6. The van der Waals surface area contributed by atoms with Crippen LogP contribution in [0.25, 0.3) is 0 Å². The zero-order valence-corrected chi connectivity index (χ0v) is 16.8. The van der Waals surface area contributed by atoms with Crippen molar-refractivity contribution in [3.63, 3.8) is 0 Å². The molecule has 1 heterocycles. The Morgan fingerprint density at radius 3 is 2.41 bits per heavy atom. The number of sulfonamides is 1. The summed E-state index contributed by atoms with van der Waals surface area (Å²) in [5.74, 6) is 0.676. The highest BCUT2D eigenvalue weighted by molar-refractivity contribution is 7.89. The van der Waals surface area contributed by atoms with Gasteiger partial charge in [0, 0.05) is 26.1 Å². The predicted molar refractivity (Wildman–Crippen MR) is 99.6 cm³/mol. The number of ether oxygens (including phenoxy) is 1. The summed E-state index contributed by atoms with van der Waals surface area (Å²) in [6, 6.07) is 3.92. The van der Waals surface area contributed by atoms with E-state index in [9.17, 15) is 26.4 Å². The maximum atomic E-state index is 12.4. The summed E-state index contributed by atoms with van der Waals surface area (Å²) < 4.78 is 67.1. The SMILES string of the molecule is O=C(CCNS(=O)(=O)c1ccc(OC(F)(F)F)cc1)N1CC[C@@H]2CCCC[C@H]2C1. The van der Waals surface area contributed by atoms with Crippen LogP contribution in [0.1, 0.15) is 38.5 Å². The van der Waals surface area contributed by atoms with Crippen molar-refractivity contribution in [2.45, 2.75) is 49.8 Å². The molecule has 1 aliphatic carbocycles. The predicted octanol–water partition coefficient (Wildman–Crippen LogP) is 3.29. The molecular formula is C19H25F3N2O4S. The molecule has 1 saturated carbocycles. The molecule has 1 aromatic carbocycles. The average Bonchev–Trinajstić information content (AvgIpc) is 2.66. The summed E-state index contributed by atoms with van der Waals surface area (Å²) in [5, 5.41) is 0. The third-order valence-corrected chi connectivity index (χ3v) is 7.12. The number of nitrogens with zero attached hydrogens (tertiary/aromatic N) is 1. The lowest BCUT2D eigenvalue weighted by Crippen LogP contribution is -2.45. The number of halogens is 3. The third kappa shape index (κ3) is 6.08. The van der Waals surface area contributed by atoms with Gasteiger partial charge in [0.2, 0.25) is 15.9 Å². The summed E-state index contributed by atoms with van der Waals surface area (Å²) in [6.07, 6.45) is 1.07. The van der Waals surface area contributed by atoms with Crippen LogP contribution in [0.15, 0.2) is 29.2 Å². The van der Waals surface area contributed by atoms with E-state index in [0.717, 1.165) is 43.7 Å². The van der Waals surface area contributed by atoms with E-state index in [2.05, 4.69) is 9.46 Å². The molecule has 2 fully saturated rings. The second-order valence-electron chi connectivity index (χ2n) is 7.60. The number of likely N-dealkylation sites (tertiary alicyclic amines) is 1. The molecule has 0 bridgehead atoms. The lowest BCUT2D eigenvalue weighted by molar-refractivity contribution is -0.274. The summed E-state index contributed by atoms with van der Waals surface area (Å²) >= 11 is 0. The van der Waals surface area contributed by atoms with E-state index in [1.807, 2.05) is 4.90 Å². The minimum absolute atomic E-state index is 0.0475. The molecule has 3 rings (SSSR count). The molecule has 29 heavy (non-hydrogen) atoms. The number of nitrogens with one attached hydrogen (secondary N) is 1. The number of fused-ring (bicyclic) bond motifs is 1. The molecule has 162 valence electrons. The maximum Gasteiger partial charge on any atom is 0.573 e. The Morgan fingerprint density at radius 2 is 1.76 bits per heavy atom. The minimum Gasteiger partial charge on any atom is -0.406 e. The van der Waals surface area contributed by atoms with Crippen molar-refractivity contribution in [1.82, 2.24) is 9.62 Å². The zero-order chi connectivity index (χ0) is 21.1. The Morgan fingerprint density at radius 1 is 1.10 bits per heavy atom. The largest absolute Gasteiger partial charge is 0.573 e. The van der Waals surface area contributed by atoms with Gasteiger partial charge in [-0.3, -0.25) is 4.79 Å². The standard InChI is InChI=1S/C19H25F3N2O4S/c20-19(21,22)28-16-5-7-17(8-6-16)29(26,27)23-11-9-18(25)24-12-10-14-3-1-2-4-15(14)13-24/h5-8,14-15,23H,1-4,9-13H2/t14-,15-/m0/s1. The highest BCUT2D eigenvalue weighted by atomic mass is 32.2. The van der Waals surface area contributed by atoms with E-state index in [4.69, 9.17) is 0 Å². The van der Waals surface area contributed by atoms with Gasteiger partial charge in [-0.1, -0.05) is 19.3 Å². The van der Waals surface area contributed by atoms with Gasteiger partial charge >= 0.3 is 6.36 Å². The third-order valence-electron chi connectivity index (χ3n) is 5.64. The number of rotatable bonds is 6. The molecule has 1 saturated heterocycles. The number of piperidine rings is 1. The quantitative estimate of drug-likeness (QED) is 0.746. The lowest BCUT2D eigenvalue weighted by Gasteiger charge is -2.41. The Bertz CT molecular complexity index is 812. The molecule has 1 aromatic rings. The first kappa shape index (κ1) is 21.9. The fourth-order valence-electron chi connectivity index (χ4n) is 4.18. The number of benzene rings is 1. The molecule has 1 N–H and O–H groups in total. The number of hydrogen-bond acceptors (Lipinski definition) is 4. The van der Waals surface area contributed by atoms with E-state index in [0.29, 0.717) is 18.4 Å². The van der Waals surface area contributed by atoms with Gasteiger partial charge in [-0.15, -0.1) is 13.2 Å². The molecule has 0 radical (unpaired) electrons. The Hall–Kier alpha value is -1.81. The molecule has 2 aliphatic rings. The molecule has 0 aromatic heterocycles. The number of amides is 1. The van der Waals surface area contributed by atoms with E-state index in [1.165, 1.54) is 19.3 Å².